The van der Waals surface area contributed by atoms with E-state index in [0.717, 1.165) is 37.3 Å². The fourth-order valence-corrected chi connectivity index (χ4v) is 4.08. The number of hydrogen-bond acceptors (Lipinski definition) is 7. The quantitative estimate of drug-likeness (QED) is 0.580. The Morgan fingerprint density at radius 3 is 2.55 bits per heavy atom. The Morgan fingerprint density at radius 1 is 1.07 bits per heavy atom. The number of hydrogen-bond donors (Lipinski definition) is 3. The highest BCUT2D eigenvalue weighted by molar-refractivity contribution is 5.85. The molecule has 0 amide bonds. The zero-order valence-electron chi connectivity index (χ0n) is 15.7. The number of rotatable bonds is 3. The number of H-pyrrole nitrogens is 1. The number of phenols is 1. The third kappa shape index (κ3) is 4.01. The van der Waals surface area contributed by atoms with Crippen LogP contribution in [-0.4, -0.2) is 56.7 Å². The average Bonchev–Trinajstić information content (AvgIpc) is 3.22. The van der Waals surface area contributed by atoms with Gasteiger partial charge in [0.2, 0.25) is 5.95 Å². The van der Waals surface area contributed by atoms with Gasteiger partial charge >= 0.3 is 0 Å². The zero-order chi connectivity index (χ0) is 18.3. The average molecular weight is 436 g/mol. The summed E-state index contributed by atoms with van der Waals surface area (Å²) in [5.74, 6) is 0.804. The molecule has 8 nitrogen and oxygen atoms in total. The van der Waals surface area contributed by atoms with Crippen LogP contribution in [0.4, 0.5) is 5.95 Å². The van der Waals surface area contributed by atoms with Gasteiger partial charge in [0.15, 0.2) is 0 Å². The second kappa shape index (κ2) is 8.52. The maximum absolute atomic E-state index is 10.4. The number of piperidine rings is 1. The number of aromatic amines is 1. The van der Waals surface area contributed by atoms with Crippen LogP contribution in [0.15, 0.2) is 36.8 Å². The molecule has 154 valence electrons. The van der Waals surface area contributed by atoms with Crippen molar-refractivity contribution in [3.8, 4) is 28.1 Å². The lowest BCUT2D eigenvalue weighted by Gasteiger charge is -2.52. The Morgan fingerprint density at radius 2 is 1.93 bits per heavy atom. The van der Waals surface area contributed by atoms with Crippen LogP contribution in [0, 0.1) is 5.41 Å². The molecule has 0 radical (unpaired) electrons. The normalized spacial score (nSPS) is 17.2. The number of halogens is 2. The molecular weight excluding hydrogens is 413 g/mol. The summed E-state index contributed by atoms with van der Waals surface area (Å²) in [4.78, 5) is 6.65. The summed E-state index contributed by atoms with van der Waals surface area (Å²) in [6, 6.07) is 5.45. The van der Waals surface area contributed by atoms with E-state index >= 15 is 0 Å². The number of aromatic nitrogens is 5. The minimum absolute atomic E-state index is 0. The molecule has 0 unspecified atom stereocenters. The molecule has 3 N–H and O–H groups in total. The number of anilines is 1. The zero-order valence-corrected chi connectivity index (χ0v) is 17.3. The van der Waals surface area contributed by atoms with Crippen molar-refractivity contribution >= 4 is 30.8 Å². The summed E-state index contributed by atoms with van der Waals surface area (Å²) in [5, 5.41) is 29.2. The monoisotopic (exact) mass is 435 g/mol. The van der Waals surface area contributed by atoms with Crippen molar-refractivity contribution in [3.63, 3.8) is 0 Å². The molecule has 0 atom stereocenters. The lowest BCUT2D eigenvalue weighted by molar-refractivity contribution is 0.154. The van der Waals surface area contributed by atoms with E-state index < -0.39 is 0 Å². The summed E-state index contributed by atoms with van der Waals surface area (Å²) in [6.45, 7) is 4.15. The number of aromatic hydroxyl groups is 1. The molecule has 2 aliphatic heterocycles. The van der Waals surface area contributed by atoms with E-state index in [-0.39, 0.29) is 30.6 Å². The Balaban J connectivity index is 0.00000120. The van der Waals surface area contributed by atoms with Gasteiger partial charge in [0.25, 0.3) is 0 Å². The fraction of sp³-hybridized carbons (Fsp3) is 0.368. The van der Waals surface area contributed by atoms with E-state index in [2.05, 4.69) is 35.6 Å². The van der Waals surface area contributed by atoms with Crippen molar-refractivity contribution in [3.05, 3.63) is 36.8 Å². The van der Waals surface area contributed by atoms with Crippen LogP contribution < -0.4 is 10.2 Å². The second-order valence-electron chi connectivity index (χ2n) is 7.50. The molecule has 1 aromatic carbocycles. The maximum Gasteiger partial charge on any atom is 0.245 e. The van der Waals surface area contributed by atoms with Crippen molar-refractivity contribution in [1.82, 2.24) is 30.7 Å². The summed E-state index contributed by atoms with van der Waals surface area (Å²) < 4.78 is 0. The Kier molecular flexibility index (Phi) is 6.26. The van der Waals surface area contributed by atoms with Crippen molar-refractivity contribution in [2.45, 2.75) is 12.8 Å². The molecule has 5 rings (SSSR count). The molecule has 4 heterocycles. The molecule has 2 aliphatic rings. The SMILES string of the molecule is Cl.Cl.Oc1cc(-c2cn[nH]c2)ccc1-c1cnc(N2CC3(CCCNC3)C2)nn1. The first kappa shape index (κ1) is 21.3. The molecule has 10 heteroatoms. The first-order valence-electron chi connectivity index (χ1n) is 9.20. The van der Waals surface area contributed by atoms with Crippen LogP contribution in [0.3, 0.4) is 0 Å². The smallest absolute Gasteiger partial charge is 0.245 e. The van der Waals surface area contributed by atoms with E-state index in [0.29, 0.717) is 22.6 Å². The largest absolute Gasteiger partial charge is 0.507 e. The summed E-state index contributed by atoms with van der Waals surface area (Å²) in [5.41, 5.74) is 3.35. The summed E-state index contributed by atoms with van der Waals surface area (Å²) in [7, 11) is 0. The molecular formula is C19H23Cl2N7O. The number of phenolic OH excluding ortho intramolecular Hbond substituents is 1. The first-order valence-corrected chi connectivity index (χ1v) is 9.20. The topological polar surface area (TPSA) is 103 Å². The predicted molar refractivity (Wildman–Crippen MR) is 116 cm³/mol. The number of benzene rings is 1. The van der Waals surface area contributed by atoms with Crippen molar-refractivity contribution in [1.29, 1.82) is 0 Å². The highest BCUT2D eigenvalue weighted by Crippen LogP contribution is 2.38. The van der Waals surface area contributed by atoms with E-state index in [4.69, 9.17) is 0 Å². The third-order valence-corrected chi connectivity index (χ3v) is 5.55. The van der Waals surface area contributed by atoms with Gasteiger partial charge in [-0.05, 0) is 37.1 Å². The fourth-order valence-electron chi connectivity index (χ4n) is 4.08. The third-order valence-electron chi connectivity index (χ3n) is 5.55. The second-order valence-corrected chi connectivity index (χ2v) is 7.50. The molecule has 0 aliphatic carbocycles. The van der Waals surface area contributed by atoms with Gasteiger partial charge in [-0.3, -0.25) is 5.10 Å². The van der Waals surface area contributed by atoms with Crippen molar-refractivity contribution in [2.75, 3.05) is 31.1 Å². The lowest BCUT2D eigenvalue weighted by atomic mass is 9.74. The minimum atomic E-state index is 0. The molecule has 29 heavy (non-hydrogen) atoms. The molecule has 2 aromatic heterocycles. The van der Waals surface area contributed by atoms with Crippen molar-refractivity contribution in [2.24, 2.45) is 5.41 Å². The molecule has 2 saturated heterocycles. The van der Waals surface area contributed by atoms with Crippen LogP contribution in [0.1, 0.15) is 12.8 Å². The predicted octanol–water partition coefficient (Wildman–Crippen LogP) is 2.67. The number of nitrogens with zero attached hydrogens (tertiary/aromatic N) is 5. The van der Waals surface area contributed by atoms with Gasteiger partial charge in [0.05, 0.1) is 12.4 Å². The van der Waals surface area contributed by atoms with Crippen LogP contribution in [0.5, 0.6) is 5.75 Å². The summed E-state index contributed by atoms with van der Waals surface area (Å²) in [6.07, 6.45) is 7.68. The standard InChI is InChI=1S/C19H21N7O.2ClH/c27-17-6-13(14-7-22-23-8-14)2-3-15(17)16-9-21-18(25-24-16)26-11-19(12-26)4-1-5-20-10-19;;/h2-3,6-9,20,27H,1,4-5,10-12H2,(H,22,23);2*1H. The van der Waals surface area contributed by atoms with Gasteiger partial charge in [0.1, 0.15) is 11.4 Å². The summed E-state index contributed by atoms with van der Waals surface area (Å²) >= 11 is 0. The molecule has 0 bridgehead atoms. The van der Waals surface area contributed by atoms with Crippen molar-refractivity contribution < 1.29 is 5.11 Å². The van der Waals surface area contributed by atoms with Crippen LogP contribution in [0.2, 0.25) is 0 Å². The van der Waals surface area contributed by atoms with E-state index in [9.17, 15) is 5.11 Å². The van der Waals surface area contributed by atoms with Crippen LogP contribution in [0.25, 0.3) is 22.4 Å². The molecule has 0 saturated carbocycles. The highest BCUT2D eigenvalue weighted by Gasteiger charge is 2.44. The Hall–Kier alpha value is -2.42. The first-order chi connectivity index (χ1) is 13.2. The molecule has 1 spiro atoms. The van der Waals surface area contributed by atoms with Gasteiger partial charge < -0.3 is 15.3 Å². The Labute approximate surface area is 181 Å². The Bertz CT molecular complexity index is 936. The van der Waals surface area contributed by atoms with Crippen LogP contribution in [-0.2, 0) is 0 Å². The molecule has 2 fully saturated rings. The van der Waals surface area contributed by atoms with Gasteiger partial charge in [-0.15, -0.1) is 35.0 Å². The van der Waals surface area contributed by atoms with Gasteiger partial charge in [0, 0.05) is 42.4 Å². The van der Waals surface area contributed by atoms with E-state index in [1.54, 1.807) is 24.7 Å². The van der Waals surface area contributed by atoms with E-state index in [1.165, 1.54) is 12.8 Å². The van der Waals surface area contributed by atoms with Crippen LogP contribution >= 0.6 is 24.8 Å². The number of nitrogens with one attached hydrogen (secondary N) is 2. The maximum atomic E-state index is 10.4. The van der Waals surface area contributed by atoms with Gasteiger partial charge in [-0.25, -0.2) is 4.98 Å². The van der Waals surface area contributed by atoms with Gasteiger partial charge in [-0.2, -0.15) is 5.10 Å². The molecule has 3 aromatic rings. The van der Waals surface area contributed by atoms with E-state index in [1.807, 2.05) is 12.1 Å². The highest BCUT2D eigenvalue weighted by atomic mass is 35.5. The van der Waals surface area contributed by atoms with Gasteiger partial charge in [-0.1, -0.05) is 6.07 Å². The minimum Gasteiger partial charge on any atom is -0.507 e. The lowest BCUT2D eigenvalue weighted by Crippen LogP contribution is -2.62.